The van der Waals surface area contributed by atoms with Crippen molar-refractivity contribution in [3.63, 3.8) is 0 Å². The number of anilines is 2. The Kier molecular flexibility index (Phi) is 6.79. The summed E-state index contributed by atoms with van der Waals surface area (Å²) in [7, 11) is 0. The minimum Gasteiger partial charge on any atom is -0.484 e. The number of benzene rings is 2. The fraction of sp³-hybridized carbons (Fsp3) is 0.300. The molecule has 2 rings (SSSR count). The number of halogens is 4. The topological polar surface area (TPSA) is 67.4 Å². The van der Waals surface area contributed by atoms with Crippen molar-refractivity contribution in [1.29, 1.82) is 0 Å². The molecule has 0 aliphatic rings. The monoisotopic (exact) mass is 428 g/mol. The number of hydrogen-bond donors (Lipinski definition) is 2. The molecule has 0 saturated heterocycles. The maximum absolute atomic E-state index is 12.9. The summed E-state index contributed by atoms with van der Waals surface area (Å²) in [6.07, 6.45) is -4.63. The Morgan fingerprint density at radius 2 is 1.66 bits per heavy atom. The number of carbonyl (C=O) groups is 2. The van der Waals surface area contributed by atoms with Crippen LogP contribution in [0.4, 0.5) is 24.5 Å². The molecule has 0 heterocycles. The first-order valence-corrected chi connectivity index (χ1v) is 8.95. The van der Waals surface area contributed by atoms with Crippen LogP contribution in [-0.4, -0.2) is 18.4 Å². The largest absolute Gasteiger partial charge is 0.484 e. The molecule has 2 N–H and O–H groups in total. The predicted octanol–water partition coefficient (Wildman–Crippen LogP) is 5.36. The first kappa shape index (κ1) is 22.5. The average molecular weight is 429 g/mol. The van der Waals surface area contributed by atoms with E-state index in [1.54, 1.807) is 45.0 Å². The second-order valence-corrected chi connectivity index (χ2v) is 7.67. The van der Waals surface area contributed by atoms with Crippen LogP contribution in [0.3, 0.4) is 0 Å². The van der Waals surface area contributed by atoms with Gasteiger partial charge < -0.3 is 15.4 Å². The zero-order valence-electron chi connectivity index (χ0n) is 16.0. The van der Waals surface area contributed by atoms with Gasteiger partial charge in [0.25, 0.3) is 5.91 Å². The third-order valence-electron chi connectivity index (χ3n) is 3.70. The lowest BCUT2D eigenvalue weighted by atomic mass is 9.95. The summed E-state index contributed by atoms with van der Waals surface area (Å²) in [5.41, 5.74) is -1.18. The number of nitrogens with one attached hydrogen (secondary N) is 2. The van der Waals surface area contributed by atoms with Crippen LogP contribution in [0.5, 0.6) is 5.75 Å². The van der Waals surface area contributed by atoms with E-state index in [0.717, 1.165) is 12.1 Å². The van der Waals surface area contributed by atoms with Crippen LogP contribution < -0.4 is 15.4 Å². The fourth-order valence-corrected chi connectivity index (χ4v) is 2.37. The molecule has 5 nitrogen and oxygen atoms in total. The Bertz CT molecular complexity index is 909. The lowest BCUT2D eigenvalue weighted by molar-refractivity contribution is -0.137. The molecule has 0 aliphatic heterocycles. The van der Waals surface area contributed by atoms with E-state index >= 15 is 0 Å². The van der Waals surface area contributed by atoms with Crippen LogP contribution >= 0.6 is 11.6 Å². The van der Waals surface area contributed by atoms with Crippen molar-refractivity contribution in [2.45, 2.75) is 26.9 Å². The molecule has 0 spiro atoms. The van der Waals surface area contributed by atoms with Crippen molar-refractivity contribution in [2.75, 3.05) is 17.2 Å². The first-order chi connectivity index (χ1) is 13.4. The lowest BCUT2D eigenvalue weighted by Gasteiger charge is -2.18. The van der Waals surface area contributed by atoms with Crippen LogP contribution in [0.15, 0.2) is 42.5 Å². The van der Waals surface area contributed by atoms with E-state index in [9.17, 15) is 22.8 Å². The summed E-state index contributed by atoms with van der Waals surface area (Å²) in [4.78, 5) is 24.0. The molecule has 2 aromatic rings. The number of hydrogen-bond acceptors (Lipinski definition) is 3. The molecule has 156 valence electrons. The van der Waals surface area contributed by atoms with E-state index in [1.807, 2.05) is 0 Å². The summed E-state index contributed by atoms with van der Waals surface area (Å²) in [5, 5.41) is 4.61. The molecule has 0 aromatic heterocycles. The van der Waals surface area contributed by atoms with E-state index in [2.05, 4.69) is 10.6 Å². The minimum absolute atomic E-state index is 0.0542. The Hall–Kier alpha value is -2.74. The van der Waals surface area contributed by atoms with Gasteiger partial charge in [0, 0.05) is 22.9 Å². The van der Waals surface area contributed by atoms with Gasteiger partial charge in [0.1, 0.15) is 5.75 Å². The highest BCUT2D eigenvalue weighted by molar-refractivity contribution is 6.31. The molecule has 9 heteroatoms. The second kappa shape index (κ2) is 8.73. The van der Waals surface area contributed by atoms with E-state index in [1.165, 1.54) is 6.07 Å². The van der Waals surface area contributed by atoms with Crippen molar-refractivity contribution < 1.29 is 27.5 Å². The first-order valence-electron chi connectivity index (χ1n) is 8.57. The third kappa shape index (κ3) is 6.67. The molecule has 0 saturated carbocycles. The van der Waals surface area contributed by atoms with E-state index in [-0.39, 0.29) is 11.6 Å². The number of carbonyl (C=O) groups excluding carboxylic acids is 2. The number of alkyl halides is 3. The highest BCUT2D eigenvalue weighted by Gasteiger charge is 2.33. The predicted molar refractivity (Wildman–Crippen MR) is 105 cm³/mol. The minimum atomic E-state index is -4.63. The Morgan fingerprint density at radius 3 is 2.28 bits per heavy atom. The van der Waals surface area contributed by atoms with Crippen LogP contribution in [0.2, 0.25) is 5.02 Å². The van der Waals surface area contributed by atoms with Gasteiger partial charge in [-0.3, -0.25) is 9.59 Å². The van der Waals surface area contributed by atoms with Crippen LogP contribution in [0.1, 0.15) is 26.3 Å². The van der Waals surface area contributed by atoms with Crippen LogP contribution in [0.25, 0.3) is 0 Å². The summed E-state index contributed by atoms with van der Waals surface area (Å²) in [5.74, 6) is -0.515. The fourth-order valence-electron chi connectivity index (χ4n) is 2.15. The Morgan fingerprint density at radius 1 is 1.00 bits per heavy atom. The maximum atomic E-state index is 12.9. The smallest absolute Gasteiger partial charge is 0.417 e. The van der Waals surface area contributed by atoms with Gasteiger partial charge in [-0.1, -0.05) is 38.4 Å². The van der Waals surface area contributed by atoms with Gasteiger partial charge in [-0.25, -0.2) is 0 Å². The highest BCUT2D eigenvalue weighted by atomic mass is 35.5. The normalized spacial score (nSPS) is 11.7. The average Bonchev–Trinajstić information content (AvgIpc) is 2.60. The molecule has 2 amide bonds. The van der Waals surface area contributed by atoms with Crippen molar-refractivity contribution in [3.05, 3.63) is 53.1 Å². The summed E-state index contributed by atoms with van der Waals surface area (Å²) in [6.45, 7) is 4.89. The Labute approximate surface area is 171 Å². The zero-order valence-corrected chi connectivity index (χ0v) is 16.7. The van der Waals surface area contributed by atoms with E-state index in [4.69, 9.17) is 16.3 Å². The number of ether oxygens (including phenoxy) is 1. The number of rotatable bonds is 5. The molecule has 0 radical (unpaired) electrons. The van der Waals surface area contributed by atoms with Crippen LogP contribution in [-0.2, 0) is 15.8 Å². The maximum Gasteiger partial charge on any atom is 0.417 e. The molecule has 0 fully saturated rings. The van der Waals surface area contributed by atoms with E-state index in [0.29, 0.717) is 11.4 Å². The molecule has 0 unspecified atom stereocenters. The van der Waals surface area contributed by atoms with Gasteiger partial charge in [-0.2, -0.15) is 13.2 Å². The SMILES string of the molecule is CC(C)(C)C(=O)Nc1cccc(OCC(=O)Nc2ccc(Cl)c(C(F)(F)F)c2)c1. The molecule has 0 bridgehead atoms. The highest BCUT2D eigenvalue weighted by Crippen LogP contribution is 2.36. The lowest BCUT2D eigenvalue weighted by Crippen LogP contribution is -2.27. The standard InChI is InChI=1S/C20H20ClF3N2O3/c1-19(2,3)18(28)26-12-5-4-6-14(9-12)29-11-17(27)25-13-7-8-16(21)15(10-13)20(22,23)24/h4-10H,11H2,1-3H3,(H,25,27)(H,26,28). The van der Waals surface area contributed by atoms with Crippen molar-refractivity contribution in [1.82, 2.24) is 0 Å². The van der Waals surface area contributed by atoms with Gasteiger partial charge in [-0.15, -0.1) is 0 Å². The van der Waals surface area contributed by atoms with Gasteiger partial charge >= 0.3 is 6.18 Å². The number of amides is 2. The molecular formula is C20H20ClF3N2O3. The van der Waals surface area contributed by atoms with Gasteiger partial charge in [0.15, 0.2) is 6.61 Å². The van der Waals surface area contributed by atoms with Crippen molar-refractivity contribution >= 4 is 34.8 Å². The Balaban J connectivity index is 1.98. The zero-order chi connectivity index (χ0) is 21.8. The third-order valence-corrected chi connectivity index (χ3v) is 4.03. The molecule has 2 aromatic carbocycles. The van der Waals surface area contributed by atoms with Crippen LogP contribution in [0, 0.1) is 5.41 Å². The van der Waals surface area contributed by atoms with Gasteiger partial charge in [0.2, 0.25) is 5.91 Å². The molecule has 0 aliphatic carbocycles. The molecule has 29 heavy (non-hydrogen) atoms. The summed E-state index contributed by atoms with van der Waals surface area (Å²) < 4.78 is 44.0. The summed E-state index contributed by atoms with van der Waals surface area (Å²) >= 11 is 5.55. The molecular weight excluding hydrogens is 409 g/mol. The van der Waals surface area contributed by atoms with Crippen molar-refractivity contribution in [2.24, 2.45) is 5.41 Å². The summed E-state index contributed by atoms with van der Waals surface area (Å²) in [6, 6.07) is 9.51. The van der Waals surface area contributed by atoms with Gasteiger partial charge in [-0.05, 0) is 30.3 Å². The molecule has 0 atom stereocenters. The van der Waals surface area contributed by atoms with E-state index < -0.39 is 34.7 Å². The van der Waals surface area contributed by atoms with Gasteiger partial charge in [0.05, 0.1) is 10.6 Å². The second-order valence-electron chi connectivity index (χ2n) is 7.26. The quantitative estimate of drug-likeness (QED) is 0.673. The van der Waals surface area contributed by atoms with Crippen molar-refractivity contribution in [3.8, 4) is 5.75 Å².